The van der Waals surface area contributed by atoms with E-state index in [-0.39, 0.29) is 5.60 Å². The highest BCUT2D eigenvalue weighted by Gasteiger charge is 2.46. The van der Waals surface area contributed by atoms with E-state index in [1.165, 1.54) is 44.2 Å². The van der Waals surface area contributed by atoms with Gasteiger partial charge in [0.15, 0.2) is 0 Å². The molecule has 0 bridgehead atoms. The Labute approximate surface area is 116 Å². The fourth-order valence-electron chi connectivity index (χ4n) is 3.80. The average molecular weight is 259 g/mol. The van der Waals surface area contributed by atoms with Crippen LogP contribution in [-0.2, 0) is 6.42 Å². The quantitative estimate of drug-likeness (QED) is 0.823. The molecule has 1 fully saturated rings. The molecule has 1 heterocycles. The van der Waals surface area contributed by atoms with Crippen molar-refractivity contribution in [2.75, 3.05) is 20.6 Å². The average Bonchev–Trinajstić information content (AvgIpc) is 2.76. The van der Waals surface area contributed by atoms with Crippen LogP contribution in [0.3, 0.4) is 0 Å². The maximum absolute atomic E-state index is 6.46. The van der Waals surface area contributed by atoms with E-state index in [0.717, 1.165) is 18.1 Å². The molecule has 2 atom stereocenters. The first kappa shape index (κ1) is 13.0. The summed E-state index contributed by atoms with van der Waals surface area (Å²) in [4.78, 5) is 2.30. The van der Waals surface area contributed by atoms with Gasteiger partial charge in [-0.3, -0.25) is 0 Å². The number of hydrogen-bond donors (Lipinski definition) is 0. The molecule has 0 saturated heterocycles. The fraction of sp³-hybridized carbons (Fsp3) is 0.647. The molecule has 2 unspecified atom stereocenters. The molecular formula is C17H25NO. The van der Waals surface area contributed by atoms with Crippen LogP contribution in [0.25, 0.3) is 0 Å². The number of hydrogen-bond acceptors (Lipinski definition) is 2. The van der Waals surface area contributed by atoms with Gasteiger partial charge in [0.1, 0.15) is 11.4 Å². The molecule has 1 aliphatic carbocycles. The lowest BCUT2D eigenvalue weighted by atomic mass is 9.71. The zero-order valence-electron chi connectivity index (χ0n) is 12.2. The third-order valence-corrected chi connectivity index (χ3v) is 4.85. The molecule has 1 aromatic rings. The zero-order valence-corrected chi connectivity index (χ0v) is 12.2. The molecular weight excluding hydrogens is 234 g/mol. The summed E-state index contributed by atoms with van der Waals surface area (Å²) < 4.78 is 6.46. The predicted octanol–water partition coefficient (Wildman–Crippen LogP) is 3.50. The summed E-state index contributed by atoms with van der Waals surface area (Å²) >= 11 is 0. The summed E-state index contributed by atoms with van der Waals surface area (Å²) in [7, 11) is 4.33. The number of para-hydroxylation sites is 1. The Bertz CT molecular complexity index is 416. The van der Waals surface area contributed by atoms with Crippen molar-refractivity contribution in [2.24, 2.45) is 5.92 Å². The van der Waals surface area contributed by atoms with E-state index in [2.05, 4.69) is 43.3 Å². The van der Waals surface area contributed by atoms with Gasteiger partial charge in [-0.1, -0.05) is 24.6 Å². The molecule has 0 aromatic heterocycles. The van der Waals surface area contributed by atoms with Gasteiger partial charge in [0.25, 0.3) is 0 Å². The predicted molar refractivity (Wildman–Crippen MR) is 78.6 cm³/mol. The van der Waals surface area contributed by atoms with Gasteiger partial charge in [-0.25, -0.2) is 0 Å². The lowest BCUT2D eigenvalue weighted by Crippen LogP contribution is -2.46. The van der Waals surface area contributed by atoms with Gasteiger partial charge in [0.2, 0.25) is 0 Å². The molecule has 2 heteroatoms. The molecule has 0 radical (unpaired) electrons. The van der Waals surface area contributed by atoms with Crippen LogP contribution in [0.1, 0.15) is 37.7 Å². The molecule has 1 aliphatic heterocycles. The Morgan fingerprint density at radius 2 is 2.11 bits per heavy atom. The van der Waals surface area contributed by atoms with Crippen molar-refractivity contribution < 1.29 is 4.74 Å². The molecule has 19 heavy (non-hydrogen) atoms. The smallest absolute Gasteiger partial charge is 0.123 e. The van der Waals surface area contributed by atoms with Gasteiger partial charge < -0.3 is 9.64 Å². The van der Waals surface area contributed by atoms with Crippen LogP contribution in [0, 0.1) is 5.92 Å². The molecule has 3 rings (SSSR count). The highest BCUT2D eigenvalue weighted by atomic mass is 16.5. The Morgan fingerprint density at radius 1 is 1.26 bits per heavy atom. The Hall–Kier alpha value is -1.02. The van der Waals surface area contributed by atoms with Crippen molar-refractivity contribution in [1.29, 1.82) is 0 Å². The van der Waals surface area contributed by atoms with Crippen molar-refractivity contribution in [2.45, 2.75) is 44.1 Å². The van der Waals surface area contributed by atoms with Gasteiger partial charge in [-0.05, 0) is 58.0 Å². The van der Waals surface area contributed by atoms with E-state index in [0.29, 0.717) is 0 Å². The third-order valence-electron chi connectivity index (χ3n) is 4.85. The van der Waals surface area contributed by atoms with Crippen LogP contribution in [0.5, 0.6) is 5.75 Å². The van der Waals surface area contributed by atoms with Crippen LogP contribution < -0.4 is 4.74 Å². The highest BCUT2D eigenvalue weighted by Crippen LogP contribution is 2.47. The molecule has 2 aliphatic rings. The number of benzene rings is 1. The van der Waals surface area contributed by atoms with E-state index >= 15 is 0 Å². The Morgan fingerprint density at radius 3 is 2.89 bits per heavy atom. The fourth-order valence-corrected chi connectivity index (χ4v) is 3.80. The van der Waals surface area contributed by atoms with E-state index in [1.54, 1.807) is 0 Å². The molecule has 0 amide bonds. The van der Waals surface area contributed by atoms with E-state index in [1.807, 2.05) is 0 Å². The largest absolute Gasteiger partial charge is 0.486 e. The normalized spacial score (nSPS) is 29.5. The third kappa shape index (κ3) is 2.51. The standard InChI is InChI=1S/C17H25NO/c1-18(2)12-10-15-8-5-6-11-17(15)13-14-7-3-4-9-16(14)19-17/h3-4,7,9,15H,5-6,8,10-13H2,1-2H3. The second-order valence-corrected chi connectivity index (χ2v) is 6.49. The first-order valence-electron chi connectivity index (χ1n) is 7.61. The van der Waals surface area contributed by atoms with Gasteiger partial charge in [0.05, 0.1) is 0 Å². The van der Waals surface area contributed by atoms with Crippen LogP contribution in [0.4, 0.5) is 0 Å². The first-order valence-corrected chi connectivity index (χ1v) is 7.61. The summed E-state index contributed by atoms with van der Waals surface area (Å²) in [6.45, 7) is 1.17. The molecule has 104 valence electrons. The van der Waals surface area contributed by atoms with Crippen molar-refractivity contribution >= 4 is 0 Å². The van der Waals surface area contributed by atoms with Crippen molar-refractivity contribution in [3.63, 3.8) is 0 Å². The van der Waals surface area contributed by atoms with Crippen molar-refractivity contribution in [3.05, 3.63) is 29.8 Å². The van der Waals surface area contributed by atoms with Gasteiger partial charge in [-0.2, -0.15) is 0 Å². The molecule has 1 aromatic carbocycles. The monoisotopic (exact) mass is 259 g/mol. The Kier molecular flexibility index (Phi) is 3.53. The van der Waals surface area contributed by atoms with E-state index < -0.39 is 0 Å². The van der Waals surface area contributed by atoms with Crippen LogP contribution in [-0.4, -0.2) is 31.1 Å². The summed E-state index contributed by atoms with van der Waals surface area (Å²) in [6, 6.07) is 8.61. The summed E-state index contributed by atoms with van der Waals surface area (Å²) in [5, 5.41) is 0. The minimum atomic E-state index is 0.109. The maximum atomic E-state index is 6.46. The molecule has 1 saturated carbocycles. The van der Waals surface area contributed by atoms with E-state index in [9.17, 15) is 0 Å². The van der Waals surface area contributed by atoms with Crippen LogP contribution in [0.15, 0.2) is 24.3 Å². The second kappa shape index (κ2) is 5.16. The summed E-state index contributed by atoms with van der Waals surface area (Å²) in [6.07, 6.45) is 7.66. The Balaban J connectivity index is 1.78. The van der Waals surface area contributed by atoms with Crippen molar-refractivity contribution in [1.82, 2.24) is 4.90 Å². The number of nitrogens with zero attached hydrogens (tertiary/aromatic N) is 1. The molecule has 2 nitrogen and oxygen atoms in total. The minimum Gasteiger partial charge on any atom is -0.486 e. The topological polar surface area (TPSA) is 12.5 Å². The molecule has 1 spiro atoms. The number of ether oxygens (including phenoxy) is 1. The second-order valence-electron chi connectivity index (χ2n) is 6.49. The number of fused-ring (bicyclic) bond motifs is 1. The van der Waals surface area contributed by atoms with Crippen LogP contribution in [0.2, 0.25) is 0 Å². The van der Waals surface area contributed by atoms with Crippen LogP contribution >= 0.6 is 0 Å². The highest BCUT2D eigenvalue weighted by molar-refractivity contribution is 5.39. The first-order chi connectivity index (χ1) is 9.20. The summed E-state index contributed by atoms with van der Waals surface area (Å²) in [5.41, 5.74) is 1.53. The zero-order chi connectivity index (χ0) is 13.3. The lowest BCUT2D eigenvalue weighted by molar-refractivity contribution is -0.0111. The van der Waals surface area contributed by atoms with Gasteiger partial charge >= 0.3 is 0 Å². The molecule has 0 N–H and O–H groups in total. The summed E-state index contributed by atoms with van der Waals surface area (Å²) in [5.74, 6) is 1.86. The van der Waals surface area contributed by atoms with E-state index in [4.69, 9.17) is 4.74 Å². The van der Waals surface area contributed by atoms with Gasteiger partial charge in [0, 0.05) is 12.3 Å². The maximum Gasteiger partial charge on any atom is 0.123 e. The number of rotatable bonds is 3. The lowest BCUT2D eigenvalue weighted by Gasteiger charge is -2.41. The van der Waals surface area contributed by atoms with Crippen molar-refractivity contribution in [3.8, 4) is 5.75 Å². The van der Waals surface area contributed by atoms with Gasteiger partial charge in [-0.15, -0.1) is 0 Å². The SMILES string of the molecule is CN(C)CCC1CCCCC12Cc1ccccc1O2. The minimum absolute atomic E-state index is 0.109.